The molecule has 0 N–H and O–H groups in total. The molecule has 0 saturated carbocycles. The van der Waals surface area contributed by atoms with Crippen molar-refractivity contribution < 1.29 is 0 Å². The standard InChI is InChI=1S/C19H26N2/c1-5-13-18(8-4)19(14-6-2)21-17-12-10-9-11-16-20-15-7-3/h7-11,13-17H,3-6,12H2,1-2H3/b10-9-,16-11+,18-13+,19-14-,20-15?,21-17?. The highest BCUT2D eigenvalue weighted by Crippen LogP contribution is 2.14. The number of rotatable bonds is 10. The van der Waals surface area contributed by atoms with Crippen LogP contribution in [0.1, 0.15) is 33.1 Å². The van der Waals surface area contributed by atoms with Crippen molar-refractivity contribution in [3.8, 4) is 0 Å². The summed E-state index contributed by atoms with van der Waals surface area (Å²) in [5.74, 6) is 0. The van der Waals surface area contributed by atoms with Crippen molar-refractivity contribution in [3.63, 3.8) is 0 Å². The second-order valence-electron chi connectivity index (χ2n) is 4.12. The van der Waals surface area contributed by atoms with E-state index < -0.39 is 0 Å². The smallest absolute Gasteiger partial charge is 0.0654 e. The second-order valence-corrected chi connectivity index (χ2v) is 4.12. The van der Waals surface area contributed by atoms with Crippen molar-refractivity contribution in [1.82, 2.24) is 0 Å². The molecule has 0 fully saturated rings. The Kier molecular flexibility index (Phi) is 12.7. The molecule has 0 spiro atoms. The van der Waals surface area contributed by atoms with Gasteiger partial charge in [-0.05, 0) is 24.5 Å². The Bertz CT molecular complexity index is 472. The Morgan fingerprint density at radius 3 is 2.43 bits per heavy atom. The third kappa shape index (κ3) is 10.3. The van der Waals surface area contributed by atoms with Gasteiger partial charge in [0.05, 0.1) is 5.70 Å². The normalized spacial score (nSPS) is 14.0. The van der Waals surface area contributed by atoms with Gasteiger partial charge < -0.3 is 0 Å². The zero-order valence-corrected chi connectivity index (χ0v) is 13.2. The molecule has 0 rings (SSSR count). The molecule has 0 atom stereocenters. The first kappa shape index (κ1) is 18.8. The summed E-state index contributed by atoms with van der Waals surface area (Å²) in [6.45, 7) is 11.6. The molecule has 0 aliphatic rings. The van der Waals surface area contributed by atoms with E-state index in [1.807, 2.05) is 30.5 Å². The highest BCUT2D eigenvalue weighted by atomic mass is 14.7. The van der Waals surface area contributed by atoms with Gasteiger partial charge in [-0.15, -0.1) is 0 Å². The first-order valence-corrected chi connectivity index (χ1v) is 7.31. The lowest BCUT2D eigenvalue weighted by atomic mass is 10.1. The highest BCUT2D eigenvalue weighted by molar-refractivity contribution is 5.70. The number of allylic oxidation sites excluding steroid dienone is 7. The van der Waals surface area contributed by atoms with Gasteiger partial charge in [0.2, 0.25) is 0 Å². The number of hydrogen-bond donors (Lipinski definition) is 0. The fraction of sp³-hybridized carbons (Fsp3) is 0.263. The highest BCUT2D eigenvalue weighted by Gasteiger charge is 1.97. The van der Waals surface area contributed by atoms with Gasteiger partial charge in [0, 0.05) is 25.0 Å². The summed E-state index contributed by atoms with van der Waals surface area (Å²) >= 11 is 0. The van der Waals surface area contributed by atoms with Crippen LogP contribution in [0.15, 0.2) is 83.1 Å². The van der Waals surface area contributed by atoms with Gasteiger partial charge in [-0.25, -0.2) is 0 Å². The van der Waals surface area contributed by atoms with Gasteiger partial charge in [0.25, 0.3) is 0 Å². The zero-order chi connectivity index (χ0) is 15.8. The maximum Gasteiger partial charge on any atom is 0.0654 e. The molecule has 0 aromatic carbocycles. The molecular formula is C19H26N2. The molecule has 0 aromatic rings. The summed E-state index contributed by atoms with van der Waals surface area (Å²) in [5, 5.41) is 0. The first-order chi connectivity index (χ1) is 10.3. The quantitative estimate of drug-likeness (QED) is 0.368. The van der Waals surface area contributed by atoms with Crippen LogP contribution < -0.4 is 0 Å². The van der Waals surface area contributed by atoms with Crippen LogP contribution in [0.2, 0.25) is 0 Å². The van der Waals surface area contributed by atoms with Gasteiger partial charge in [0.1, 0.15) is 0 Å². The van der Waals surface area contributed by atoms with E-state index in [-0.39, 0.29) is 0 Å². The third-order valence-corrected chi connectivity index (χ3v) is 2.42. The lowest BCUT2D eigenvalue weighted by Gasteiger charge is -2.02. The topological polar surface area (TPSA) is 24.7 Å². The summed E-state index contributed by atoms with van der Waals surface area (Å²) in [6, 6.07) is 0. The minimum atomic E-state index is 0.785. The summed E-state index contributed by atoms with van der Waals surface area (Å²) in [7, 11) is 0. The van der Waals surface area contributed by atoms with Crippen molar-refractivity contribution in [2.75, 3.05) is 0 Å². The van der Waals surface area contributed by atoms with Crippen LogP contribution in [0.4, 0.5) is 0 Å². The van der Waals surface area contributed by atoms with E-state index >= 15 is 0 Å². The third-order valence-electron chi connectivity index (χ3n) is 2.42. The predicted octanol–water partition coefficient (Wildman–Crippen LogP) is 5.59. The lowest BCUT2D eigenvalue weighted by molar-refractivity contribution is 1.15. The largest absolute Gasteiger partial charge is 0.265 e. The maximum atomic E-state index is 4.53. The molecule has 0 aliphatic carbocycles. The van der Waals surface area contributed by atoms with Crippen LogP contribution in [0.3, 0.4) is 0 Å². The minimum Gasteiger partial charge on any atom is -0.265 e. The molecule has 0 heterocycles. The second kappa shape index (κ2) is 14.2. The molecule has 2 nitrogen and oxygen atoms in total. The van der Waals surface area contributed by atoms with Crippen LogP contribution in [-0.2, 0) is 0 Å². The molecule has 0 amide bonds. The molecular weight excluding hydrogens is 256 g/mol. The molecule has 0 bridgehead atoms. The van der Waals surface area contributed by atoms with Gasteiger partial charge in [-0.2, -0.15) is 0 Å². The number of aliphatic imine (C=N–C) groups is 2. The van der Waals surface area contributed by atoms with E-state index in [1.165, 1.54) is 0 Å². The maximum absolute atomic E-state index is 4.53. The van der Waals surface area contributed by atoms with Gasteiger partial charge in [0.15, 0.2) is 0 Å². The van der Waals surface area contributed by atoms with Crippen molar-refractivity contribution in [3.05, 3.63) is 73.2 Å². The van der Waals surface area contributed by atoms with Crippen LogP contribution in [0, 0.1) is 0 Å². The molecule has 0 aromatic heterocycles. The fourth-order valence-corrected chi connectivity index (χ4v) is 1.53. The SMILES string of the molecule is C=CC=N/C=C/C=C\CC=NC(=C\CC)/C(C=C)=C/CC. The van der Waals surface area contributed by atoms with Crippen molar-refractivity contribution in [1.29, 1.82) is 0 Å². The minimum absolute atomic E-state index is 0.785. The molecule has 21 heavy (non-hydrogen) atoms. The van der Waals surface area contributed by atoms with Crippen LogP contribution >= 0.6 is 0 Å². The Morgan fingerprint density at radius 1 is 1.05 bits per heavy atom. The molecule has 0 aliphatic heterocycles. The first-order valence-electron chi connectivity index (χ1n) is 7.31. The average molecular weight is 282 g/mol. The summed E-state index contributed by atoms with van der Waals surface area (Å²) in [6.07, 6.45) is 21.6. The van der Waals surface area contributed by atoms with Crippen molar-refractivity contribution in [2.45, 2.75) is 33.1 Å². The Morgan fingerprint density at radius 2 is 1.81 bits per heavy atom. The molecule has 2 heteroatoms. The summed E-state index contributed by atoms with van der Waals surface area (Å²) < 4.78 is 0. The Labute approximate surface area is 129 Å². The van der Waals surface area contributed by atoms with Crippen molar-refractivity contribution in [2.24, 2.45) is 9.98 Å². The van der Waals surface area contributed by atoms with Gasteiger partial charge >= 0.3 is 0 Å². The van der Waals surface area contributed by atoms with E-state index in [9.17, 15) is 0 Å². The molecule has 112 valence electrons. The average Bonchev–Trinajstić information content (AvgIpc) is 2.50. The van der Waals surface area contributed by atoms with E-state index in [1.54, 1.807) is 18.5 Å². The predicted molar refractivity (Wildman–Crippen MR) is 97.0 cm³/mol. The van der Waals surface area contributed by atoms with E-state index in [2.05, 4.69) is 49.1 Å². The number of nitrogens with zero attached hydrogens (tertiary/aromatic N) is 2. The van der Waals surface area contributed by atoms with Crippen molar-refractivity contribution >= 4 is 12.4 Å². The molecule has 0 saturated heterocycles. The summed E-state index contributed by atoms with van der Waals surface area (Å²) in [5.41, 5.74) is 2.09. The van der Waals surface area contributed by atoms with Gasteiger partial charge in [-0.1, -0.05) is 63.5 Å². The van der Waals surface area contributed by atoms with Gasteiger partial charge in [-0.3, -0.25) is 9.98 Å². The lowest BCUT2D eigenvalue weighted by Crippen LogP contribution is -1.85. The molecule has 0 unspecified atom stereocenters. The Hall–Kier alpha value is -2.22. The van der Waals surface area contributed by atoms with Crippen LogP contribution in [0.25, 0.3) is 0 Å². The fourth-order valence-electron chi connectivity index (χ4n) is 1.53. The monoisotopic (exact) mass is 282 g/mol. The molecule has 0 radical (unpaired) electrons. The summed E-state index contributed by atoms with van der Waals surface area (Å²) in [4.78, 5) is 8.51. The Balaban J connectivity index is 4.51. The number of hydrogen-bond acceptors (Lipinski definition) is 2. The van der Waals surface area contributed by atoms with E-state index in [0.717, 1.165) is 30.5 Å². The van der Waals surface area contributed by atoms with E-state index in [0.29, 0.717) is 0 Å². The van der Waals surface area contributed by atoms with Crippen LogP contribution in [-0.4, -0.2) is 12.4 Å². The van der Waals surface area contributed by atoms with Crippen LogP contribution in [0.5, 0.6) is 0 Å². The van der Waals surface area contributed by atoms with E-state index in [4.69, 9.17) is 0 Å². The zero-order valence-electron chi connectivity index (χ0n) is 13.2.